The molecule has 0 fully saturated rings. The predicted molar refractivity (Wildman–Crippen MR) is 84.3 cm³/mol. The van der Waals surface area contributed by atoms with E-state index in [4.69, 9.17) is 15.7 Å². The van der Waals surface area contributed by atoms with Crippen LogP contribution in [0.3, 0.4) is 0 Å². The van der Waals surface area contributed by atoms with Crippen LogP contribution in [-0.4, -0.2) is 11.0 Å². The molecule has 0 spiro atoms. The fraction of sp³-hybridized carbons (Fsp3) is 0.235. The largest absolute Gasteiger partial charge is 0.457 e. The van der Waals surface area contributed by atoms with E-state index in [1.54, 1.807) is 6.07 Å². The van der Waals surface area contributed by atoms with Crippen molar-refractivity contribution >= 4 is 5.84 Å². The minimum atomic E-state index is 0.0324. The third kappa shape index (κ3) is 3.54. The van der Waals surface area contributed by atoms with Crippen molar-refractivity contribution in [2.24, 2.45) is 10.9 Å². The molecule has 110 valence electrons. The van der Waals surface area contributed by atoms with Gasteiger partial charge >= 0.3 is 0 Å². The van der Waals surface area contributed by atoms with Crippen molar-refractivity contribution in [2.45, 2.75) is 26.7 Å². The molecule has 2 aromatic rings. The molecule has 0 aliphatic carbocycles. The summed E-state index contributed by atoms with van der Waals surface area (Å²) in [6.07, 6.45) is 0. The first-order valence-corrected chi connectivity index (χ1v) is 6.87. The second kappa shape index (κ2) is 6.31. The van der Waals surface area contributed by atoms with Crippen LogP contribution < -0.4 is 10.5 Å². The maximum absolute atomic E-state index is 8.87. The van der Waals surface area contributed by atoms with E-state index in [1.165, 1.54) is 5.56 Å². The topological polar surface area (TPSA) is 67.8 Å². The molecular weight excluding hydrogens is 264 g/mol. The fourth-order valence-electron chi connectivity index (χ4n) is 2.04. The quantitative estimate of drug-likeness (QED) is 0.386. The van der Waals surface area contributed by atoms with Gasteiger partial charge in [0.05, 0.1) is 5.56 Å². The van der Waals surface area contributed by atoms with Crippen LogP contribution in [-0.2, 0) is 0 Å². The molecule has 3 N–H and O–H groups in total. The van der Waals surface area contributed by atoms with Gasteiger partial charge in [-0.3, -0.25) is 0 Å². The number of ether oxygens (including phenoxy) is 1. The van der Waals surface area contributed by atoms with Crippen LogP contribution in [0.5, 0.6) is 11.5 Å². The van der Waals surface area contributed by atoms with Gasteiger partial charge in [-0.05, 0) is 48.2 Å². The molecule has 0 heterocycles. The van der Waals surface area contributed by atoms with Crippen LogP contribution in [0.25, 0.3) is 0 Å². The van der Waals surface area contributed by atoms with Crippen molar-refractivity contribution in [1.29, 1.82) is 0 Å². The zero-order valence-electron chi connectivity index (χ0n) is 12.5. The van der Waals surface area contributed by atoms with Gasteiger partial charge in [-0.2, -0.15) is 0 Å². The second-order valence-electron chi connectivity index (χ2n) is 5.31. The Morgan fingerprint density at radius 2 is 1.95 bits per heavy atom. The molecule has 0 bridgehead atoms. The van der Waals surface area contributed by atoms with E-state index < -0.39 is 0 Å². The number of nitrogens with zero attached hydrogens (tertiary/aromatic N) is 1. The fourth-order valence-corrected chi connectivity index (χ4v) is 2.04. The molecule has 0 radical (unpaired) electrons. The van der Waals surface area contributed by atoms with Crippen LogP contribution in [0.1, 0.15) is 36.5 Å². The summed E-state index contributed by atoms with van der Waals surface area (Å²) in [7, 11) is 0. The van der Waals surface area contributed by atoms with Gasteiger partial charge in [0.25, 0.3) is 0 Å². The van der Waals surface area contributed by atoms with Gasteiger partial charge in [0.2, 0.25) is 0 Å². The van der Waals surface area contributed by atoms with Crippen molar-refractivity contribution in [3.8, 4) is 11.5 Å². The Morgan fingerprint density at radius 1 is 1.19 bits per heavy atom. The monoisotopic (exact) mass is 284 g/mol. The maximum Gasteiger partial charge on any atom is 0.173 e. The normalized spacial score (nSPS) is 11.7. The molecule has 0 atom stereocenters. The first-order chi connectivity index (χ1) is 10.0. The van der Waals surface area contributed by atoms with Gasteiger partial charge < -0.3 is 15.7 Å². The van der Waals surface area contributed by atoms with E-state index in [0.29, 0.717) is 17.2 Å². The Hall–Kier alpha value is -2.49. The number of oxime groups is 1. The first kappa shape index (κ1) is 14.9. The lowest BCUT2D eigenvalue weighted by Crippen LogP contribution is -2.14. The van der Waals surface area contributed by atoms with Gasteiger partial charge in [0.1, 0.15) is 11.5 Å². The van der Waals surface area contributed by atoms with Crippen LogP contribution in [0, 0.1) is 6.92 Å². The standard InChI is InChI=1S/C17H20N2O2/c1-11(2)13-5-4-6-14(10-13)21-16-9-12(3)7-8-15(16)17(18)19-20/h4-11,20H,1-3H3,(H2,18,19). The van der Waals surface area contributed by atoms with Gasteiger partial charge in [0, 0.05) is 0 Å². The number of aryl methyl sites for hydroxylation is 1. The molecule has 2 rings (SSSR count). The Balaban J connectivity index is 2.39. The van der Waals surface area contributed by atoms with E-state index >= 15 is 0 Å². The van der Waals surface area contributed by atoms with E-state index in [-0.39, 0.29) is 5.84 Å². The molecule has 0 amide bonds. The van der Waals surface area contributed by atoms with Gasteiger partial charge in [-0.25, -0.2) is 0 Å². The molecule has 21 heavy (non-hydrogen) atoms. The average molecular weight is 284 g/mol. The summed E-state index contributed by atoms with van der Waals surface area (Å²) in [6, 6.07) is 13.5. The Labute approximate surface area is 124 Å². The SMILES string of the molecule is Cc1ccc(C(N)=NO)c(Oc2cccc(C(C)C)c2)c1. The lowest BCUT2D eigenvalue weighted by molar-refractivity contribution is 0.318. The molecule has 0 saturated carbocycles. The highest BCUT2D eigenvalue weighted by Crippen LogP contribution is 2.28. The third-order valence-electron chi connectivity index (χ3n) is 3.27. The Morgan fingerprint density at radius 3 is 2.62 bits per heavy atom. The Bertz CT molecular complexity index is 664. The molecule has 0 aliphatic rings. The van der Waals surface area contributed by atoms with Crippen molar-refractivity contribution in [2.75, 3.05) is 0 Å². The lowest BCUT2D eigenvalue weighted by atomic mass is 10.0. The molecule has 2 aromatic carbocycles. The number of rotatable bonds is 4. The number of hydrogen-bond donors (Lipinski definition) is 2. The maximum atomic E-state index is 8.87. The van der Waals surface area contributed by atoms with Crippen molar-refractivity contribution in [1.82, 2.24) is 0 Å². The van der Waals surface area contributed by atoms with E-state index in [2.05, 4.69) is 25.1 Å². The minimum Gasteiger partial charge on any atom is -0.457 e. The predicted octanol–water partition coefficient (Wildman–Crippen LogP) is 4.01. The van der Waals surface area contributed by atoms with Crippen molar-refractivity contribution in [3.63, 3.8) is 0 Å². The summed E-state index contributed by atoms with van der Waals surface area (Å²) in [5.41, 5.74) is 8.51. The van der Waals surface area contributed by atoms with Crippen LogP contribution in [0.15, 0.2) is 47.6 Å². The summed E-state index contributed by atoms with van der Waals surface area (Å²) >= 11 is 0. The summed E-state index contributed by atoms with van der Waals surface area (Å²) in [4.78, 5) is 0. The van der Waals surface area contributed by atoms with E-state index in [9.17, 15) is 0 Å². The Kier molecular flexibility index (Phi) is 4.48. The van der Waals surface area contributed by atoms with Gasteiger partial charge in [-0.15, -0.1) is 0 Å². The van der Waals surface area contributed by atoms with Crippen molar-refractivity contribution in [3.05, 3.63) is 59.2 Å². The smallest absolute Gasteiger partial charge is 0.173 e. The van der Waals surface area contributed by atoms with Crippen LogP contribution >= 0.6 is 0 Å². The van der Waals surface area contributed by atoms with Crippen LogP contribution in [0.4, 0.5) is 0 Å². The summed E-state index contributed by atoms with van der Waals surface area (Å²) in [5.74, 6) is 1.77. The third-order valence-corrected chi connectivity index (χ3v) is 3.27. The molecule has 4 nitrogen and oxygen atoms in total. The highest BCUT2D eigenvalue weighted by Gasteiger charge is 2.10. The zero-order valence-corrected chi connectivity index (χ0v) is 12.5. The van der Waals surface area contributed by atoms with E-state index in [1.807, 2.05) is 37.3 Å². The average Bonchev–Trinajstić information content (AvgIpc) is 2.47. The minimum absolute atomic E-state index is 0.0324. The number of amidine groups is 1. The molecule has 0 saturated heterocycles. The van der Waals surface area contributed by atoms with Crippen LogP contribution in [0.2, 0.25) is 0 Å². The number of benzene rings is 2. The molecule has 0 aliphatic heterocycles. The summed E-state index contributed by atoms with van der Waals surface area (Å²) in [5, 5.41) is 11.9. The van der Waals surface area contributed by atoms with E-state index in [0.717, 1.165) is 11.3 Å². The second-order valence-corrected chi connectivity index (χ2v) is 5.31. The first-order valence-electron chi connectivity index (χ1n) is 6.87. The lowest BCUT2D eigenvalue weighted by Gasteiger charge is -2.13. The molecule has 0 aromatic heterocycles. The highest BCUT2D eigenvalue weighted by molar-refractivity contribution is 5.99. The summed E-state index contributed by atoms with van der Waals surface area (Å²) < 4.78 is 5.93. The zero-order chi connectivity index (χ0) is 15.4. The number of hydrogen-bond acceptors (Lipinski definition) is 3. The number of nitrogens with two attached hydrogens (primary N) is 1. The highest BCUT2D eigenvalue weighted by atomic mass is 16.5. The van der Waals surface area contributed by atoms with Gasteiger partial charge in [0.15, 0.2) is 5.84 Å². The van der Waals surface area contributed by atoms with Crippen molar-refractivity contribution < 1.29 is 9.94 Å². The van der Waals surface area contributed by atoms with Gasteiger partial charge in [-0.1, -0.05) is 37.2 Å². The summed E-state index contributed by atoms with van der Waals surface area (Å²) in [6.45, 7) is 6.23. The molecular formula is C17H20N2O2. The molecule has 4 heteroatoms. The molecule has 0 unspecified atom stereocenters.